The van der Waals surface area contributed by atoms with E-state index in [1.54, 1.807) is 0 Å². The van der Waals surface area contributed by atoms with Gasteiger partial charge in [0.05, 0.1) is 0 Å². The molecule has 0 amide bonds. The number of hydrogen-bond donors (Lipinski definition) is 1. The Morgan fingerprint density at radius 3 is 1.95 bits per heavy atom. The average Bonchev–Trinajstić information content (AvgIpc) is 3.32. The van der Waals surface area contributed by atoms with Crippen molar-refractivity contribution in [2.24, 2.45) is 17.6 Å². The van der Waals surface area contributed by atoms with Crippen molar-refractivity contribution in [2.75, 3.05) is 0 Å². The molecule has 3 unspecified atom stereocenters. The monoisotopic (exact) mass is 263 g/mol. The van der Waals surface area contributed by atoms with E-state index in [-0.39, 0.29) is 5.41 Å². The Morgan fingerprint density at radius 2 is 1.40 bits per heavy atom. The minimum absolute atomic E-state index is 0.197. The van der Waals surface area contributed by atoms with Crippen molar-refractivity contribution in [1.29, 1.82) is 0 Å². The molecule has 1 heteroatoms. The van der Waals surface area contributed by atoms with E-state index >= 15 is 0 Å². The van der Waals surface area contributed by atoms with Crippen LogP contribution in [0.5, 0.6) is 0 Å². The fraction of sp³-hybridized carbons (Fsp3) is 0.368. The SMILES string of the molecule is NC1CCC(c2ccccc2)(c2ccccc2)C2CC12. The van der Waals surface area contributed by atoms with Gasteiger partial charge in [0.25, 0.3) is 0 Å². The van der Waals surface area contributed by atoms with Crippen molar-refractivity contribution in [1.82, 2.24) is 0 Å². The van der Waals surface area contributed by atoms with E-state index in [1.807, 2.05) is 0 Å². The van der Waals surface area contributed by atoms with E-state index < -0.39 is 0 Å². The van der Waals surface area contributed by atoms with Gasteiger partial charge in [0, 0.05) is 11.5 Å². The first-order valence-corrected chi connectivity index (χ1v) is 7.69. The van der Waals surface area contributed by atoms with Crippen LogP contribution in [-0.2, 0) is 5.41 Å². The smallest absolute Gasteiger partial charge is 0.0235 e. The highest BCUT2D eigenvalue weighted by Gasteiger charge is 2.58. The molecule has 3 atom stereocenters. The van der Waals surface area contributed by atoms with Gasteiger partial charge < -0.3 is 5.73 Å². The average molecular weight is 263 g/mol. The van der Waals surface area contributed by atoms with Gasteiger partial charge in [0.2, 0.25) is 0 Å². The third-order valence-electron chi connectivity index (χ3n) is 5.47. The quantitative estimate of drug-likeness (QED) is 0.878. The van der Waals surface area contributed by atoms with Gasteiger partial charge in [0.1, 0.15) is 0 Å². The fourth-order valence-electron chi connectivity index (χ4n) is 4.40. The fourth-order valence-corrected chi connectivity index (χ4v) is 4.40. The second-order valence-electron chi connectivity index (χ2n) is 6.41. The lowest BCUT2D eigenvalue weighted by atomic mass is 9.64. The predicted octanol–water partition coefficient (Wildman–Crippen LogP) is 3.73. The maximum atomic E-state index is 6.30. The Hall–Kier alpha value is -1.60. The van der Waals surface area contributed by atoms with Crippen molar-refractivity contribution in [3.63, 3.8) is 0 Å². The molecule has 2 aromatic rings. The minimum atomic E-state index is 0.197. The summed E-state index contributed by atoms with van der Waals surface area (Å²) in [5, 5.41) is 0. The first-order chi connectivity index (χ1) is 9.82. The van der Waals surface area contributed by atoms with E-state index in [1.165, 1.54) is 24.0 Å². The summed E-state index contributed by atoms with van der Waals surface area (Å²) in [4.78, 5) is 0. The zero-order valence-corrected chi connectivity index (χ0v) is 11.7. The molecule has 0 saturated heterocycles. The van der Waals surface area contributed by atoms with Crippen LogP contribution in [0.1, 0.15) is 30.4 Å². The van der Waals surface area contributed by atoms with E-state index in [4.69, 9.17) is 5.73 Å². The van der Waals surface area contributed by atoms with Crippen LogP contribution in [0, 0.1) is 11.8 Å². The molecule has 4 rings (SSSR count). The van der Waals surface area contributed by atoms with Crippen LogP contribution in [0.3, 0.4) is 0 Å². The number of rotatable bonds is 2. The normalized spacial score (nSPS) is 30.6. The van der Waals surface area contributed by atoms with Crippen LogP contribution in [0.15, 0.2) is 60.7 Å². The summed E-state index contributed by atoms with van der Waals surface area (Å²) in [6, 6.07) is 22.6. The van der Waals surface area contributed by atoms with Crippen LogP contribution in [0.4, 0.5) is 0 Å². The third kappa shape index (κ3) is 1.66. The van der Waals surface area contributed by atoms with Crippen molar-refractivity contribution in [3.8, 4) is 0 Å². The Bertz CT molecular complexity index is 550. The molecular formula is C19H21N. The molecule has 0 aliphatic heterocycles. The van der Waals surface area contributed by atoms with Gasteiger partial charge in [-0.3, -0.25) is 0 Å². The van der Waals surface area contributed by atoms with Gasteiger partial charge in [-0.25, -0.2) is 0 Å². The molecule has 2 aliphatic rings. The molecule has 2 fully saturated rings. The summed E-state index contributed by atoms with van der Waals surface area (Å²) in [6.45, 7) is 0. The number of nitrogens with two attached hydrogens (primary N) is 1. The first kappa shape index (κ1) is 12.2. The van der Waals surface area contributed by atoms with Crippen LogP contribution in [-0.4, -0.2) is 6.04 Å². The number of fused-ring (bicyclic) bond motifs is 1. The van der Waals surface area contributed by atoms with Gasteiger partial charge in [-0.05, 0) is 42.2 Å². The molecule has 2 N–H and O–H groups in total. The van der Waals surface area contributed by atoms with Gasteiger partial charge in [-0.2, -0.15) is 0 Å². The highest BCUT2D eigenvalue weighted by atomic mass is 14.8. The van der Waals surface area contributed by atoms with Crippen molar-refractivity contribution in [3.05, 3.63) is 71.8 Å². The molecule has 0 aromatic heterocycles. The number of hydrogen-bond acceptors (Lipinski definition) is 1. The Balaban J connectivity index is 1.87. The molecule has 0 bridgehead atoms. The molecule has 0 heterocycles. The van der Waals surface area contributed by atoms with Crippen molar-refractivity contribution in [2.45, 2.75) is 30.7 Å². The van der Waals surface area contributed by atoms with Crippen LogP contribution in [0.25, 0.3) is 0 Å². The second kappa shape index (κ2) is 4.46. The van der Waals surface area contributed by atoms with Crippen LogP contribution in [0.2, 0.25) is 0 Å². The molecule has 102 valence electrons. The summed E-state index contributed by atoms with van der Waals surface area (Å²) in [5.74, 6) is 1.46. The van der Waals surface area contributed by atoms with E-state index in [0.717, 1.165) is 18.3 Å². The van der Waals surface area contributed by atoms with Crippen LogP contribution < -0.4 is 5.73 Å². The Morgan fingerprint density at radius 1 is 0.850 bits per heavy atom. The Labute approximate surface area is 120 Å². The largest absolute Gasteiger partial charge is 0.327 e. The lowest BCUT2D eigenvalue weighted by Gasteiger charge is -2.40. The summed E-state index contributed by atoms with van der Waals surface area (Å²) < 4.78 is 0. The summed E-state index contributed by atoms with van der Waals surface area (Å²) in [7, 11) is 0. The molecule has 1 nitrogen and oxygen atoms in total. The molecule has 0 radical (unpaired) electrons. The van der Waals surface area contributed by atoms with E-state index in [9.17, 15) is 0 Å². The van der Waals surface area contributed by atoms with Crippen molar-refractivity contribution >= 4 is 0 Å². The summed E-state index contributed by atoms with van der Waals surface area (Å²) in [5.41, 5.74) is 9.45. The lowest BCUT2D eigenvalue weighted by Crippen LogP contribution is -2.40. The zero-order valence-electron chi connectivity index (χ0n) is 11.7. The number of benzene rings is 2. The molecule has 2 aromatic carbocycles. The third-order valence-corrected chi connectivity index (χ3v) is 5.47. The highest BCUT2D eigenvalue weighted by molar-refractivity contribution is 5.43. The first-order valence-electron chi connectivity index (χ1n) is 7.69. The van der Waals surface area contributed by atoms with Crippen molar-refractivity contribution < 1.29 is 0 Å². The van der Waals surface area contributed by atoms with E-state index in [0.29, 0.717) is 6.04 Å². The molecule has 20 heavy (non-hydrogen) atoms. The maximum absolute atomic E-state index is 6.30. The Kier molecular flexibility index (Phi) is 2.71. The maximum Gasteiger partial charge on any atom is 0.0235 e. The van der Waals surface area contributed by atoms with Gasteiger partial charge >= 0.3 is 0 Å². The standard InChI is InChI=1S/C19H21N/c20-18-11-12-19(17-13-16(17)18,14-7-3-1-4-8-14)15-9-5-2-6-10-15/h1-10,16-18H,11-13,20H2. The van der Waals surface area contributed by atoms with Gasteiger partial charge in [0.15, 0.2) is 0 Å². The molecule has 2 aliphatic carbocycles. The highest BCUT2D eigenvalue weighted by Crippen LogP contribution is 2.62. The topological polar surface area (TPSA) is 26.0 Å². The molecule has 2 saturated carbocycles. The minimum Gasteiger partial charge on any atom is -0.327 e. The molecule has 0 spiro atoms. The van der Waals surface area contributed by atoms with Gasteiger partial charge in [-0.1, -0.05) is 60.7 Å². The predicted molar refractivity (Wildman–Crippen MR) is 82.5 cm³/mol. The van der Waals surface area contributed by atoms with Crippen LogP contribution >= 0.6 is 0 Å². The van der Waals surface area contributed by atoms with Gasteiger partial charge in [-0.15, -0.1) is 0 Å². The second-order valence-corrected chi connectivity index (χ2v) is 6.41. The van der Waals surface area contributed by atoms with E-state index in [2.05, 4.69) is 60.7 Å². The summed E-state index contributed by atoms with van der Waals surface area (Å²) in [6.07, 6.45) is 3.62. The zero-order chi connectivity index (χ0) is 13.6. The molecular weight excluding hydrogens is 242 g/mol. The lowest BCUT2D eigenvalue weighted by molar-refractivity contribution is 0.295. The summed E-state index contributed by atoms with van der Waals surface area (Å²) >= 11 is 0.